The lowest BCUT2D eigenvalue weighted by molar-refractivity contribution is -0.118. The number of likely N-dealkylation sites (tertiary alicyclic amines) is 1. The first-order valence-electron chi connectivity index (χ1n) is 7.21. The molecule has 1 aromatic rings. The van der Waals surface area contributed by atoms with Crippen LogP contribution in [0, 0.1) is 0 Å². The molecule has 1 amide bonds. The molecule has 0 bridgehead atoms. The zero-order valence-electron chi connectivity index (χ0n) is 12.7. The second kappa shape index (κ2) is 9.20. The van der Waals surface area contributed by atoms with Gasteiger partial charge in [-0.1, -0.05) is 18.0 Å². The van der Waals surface area contributed by atoms with Crippen LogP contribution in [0.4, 0.5) is 5.69 Å². The van der Waals surface area contributed by atoms with Crippen molar-refractivity contribution in [2.24, 2.45) is 5.73 Å². The molecule has 0 radical (unpaired) electrons. The Morgan fingerprint density at radius 2 is 2.27 bits per heavy atom. The summed E-state index contributed by atoms with van der Waals surface area (Å²) >= 11 is 6.05. The number of methoxy groups -OCH3 is 1. The lowest BCUT2D eigenvalue weighted by Gasteiger charge is -2.34. The predicted molar refractivity (Wildman–Crippen MR) is 92.1 cm³/mol. The van der Waals surface area contributed by atoms with Crippen molar-refractivity contribution in [2.45, 2.75) is 25.3 Å². The van der Waals surface area contributed by atoms with Gasteiger partial charge in [-0.25, -0.2) is 0 Å². The number of amides is 1. The van der Waals surface area contributed by atoms with Gasteiger partial charge in [0.1, 0.15) is 5.75 Å². The molecule has 1 aromatic carbocycles. The Labute approximate surface area is 142 Å². The average molecular weight is 348 g/mol. The van der Waals surface area contributed by atoms with E-state index in [0.717, 1.165) is 19.4 Å². The van der Waals surface area contributed by atoms with Crippen LogP contribution < -0.4 is 15.8 Å². The normalized spacial score (nSPS) is 18.4. The van der Waals surface area contributed by atoms with Crippen LogP contribution in [0.5, 0.6) is 5.75 Å². The third-order valence-corrected chi connectivity index (χ3v) is 4.10. The number of nitrogens with one attached hydrogen (secondary N) is 1. The molecule has 1 saturated heterocycles. The number of piperidine rings is 1. The van der Waals surface area contributed by atoms with E-state index in [1.807, 2.05) is 0 Å². The number of anilines is 1. The number of rotatable bonds is 5. The third-order valence-electron chi connectivity index (χ3n) is 3.80. The highest BCUT2D eigenvalue weighted by Gasteiger charge is 2.23. The van der Waals surface area contributed by atoms with Crippen LogP contribution in [0.1, 0.15) is 19.3 Å². The fourth-order valence-corrected chi connectivity index (χ4v) is 2.92. The predicted octanol–water partition coefficient (Wildman–Crippen LogP) is 2.52. The van der Waals surface area contributed by atoms with E-state index < -0.39 is 0 Å². The largest absolute Gasteiger partial charge is 0.495 e. The highest BCUT2D eigenvalue weighted by Crippen LogP contribution is 2.27. The van der Waals surface area contributed by atoms with Gasteiger partial charge in [0.2, 0.25) is 5.91 Å². The van der Waals surface area contributed by atoms with Crippen molar-refractivity contribution in [1.29, 1.82) is 0 Å². The number of ether oxygens (including phenoxy) is 1. The number of benzene rings is 1. The molecule has 1 heterocycles. The van der Waals surface area contributed by atoms with Crippen molar-refractivity contribution in [3.8, 4) is 5.75 Å². The Balaban J connectivity index is 0.00000242. The first-order chi connectivity index (χ1) is 10.1. The molecule has 1 fully saturated rings. The zero-order chi connectivity index (χ0) is 15.2. The molecule has 1 aliphatic heterocycles. The molecule has 7 heteroatoms. The van der Waals surface area contributed by atoms with Crippen LogP contribution in [-0.2, 0) is 4.79 Å². The Morgan fingerprint density at radius 1 is 1.50 bits per heavy atom. The highest BCUT2D eigenvalue weighted by atomic mass is 35.5. The van der Waals surface area contributed by atoms with Crippen molar-refractivity contribution in [1.82, 2.24) is 4.90 Å². The molecular formula is C15H23Cl2N3O2. The molecule has 5 nitrogen and oxygen atoms in total. The summed E-state index contributed by atoms with van der Waals surface area (Å²) in [4.78, 5) is 14.3. The van der Waals surface area contributed by atoms with Crippen molar-refractivity contribution < 1.29 is 9.53 Å². The SMILES string of the molecule is COc1ccc(NC(=O)CN2CCCCC2CN)cc1Cl.Cl. The number of carbonyl (C=O) groups is 1. The molecule has 3 N–H and O–H groups in total. The minimum absolute atomic E-state index is 0. The summed E-state index contributed by atoms with van der Waals surface area (Å²) < 4.78 is 5.09. The van der Waals surface area contributed by atoms with Gasteiger partial charge < -0.3 is 15.8 Å². The van der Waals surface area contributed by atoms with Crippen molar-refractivity contribution in [2.75, 3.05) is 32.1 Å². The summed E-state index contributed by atoms with van der Waals surface area (Å²) in [6, 6.07) is 5.51. The minimum Gasteiger partial charge on any atom is -0.495 e. The molecule has 0 saturated carbocycles. The fourth-order valence-electron chi connectivity index (χ4n) is 2.66. The van der Waals surface area contributed by atoms with Crippen LogP contribution in [0.15, 0.2) is 18.2 Å². The first kappa shape index (κ1) is 19.0. The third kappa shape index (κ3) is 5.02. The molecule has 1 atom stereocenters. The van der Waals surface area contributed by atoms with Crippen LogP contribution in [0.2, 0.25) is 5.02 Å². The molecular weight excluding hydrogens is 325 g/mol. The van der Waals surface area contributed by atoms with E-state index in [1.54, 1.807) is 25.3 Å². The maximum Gasteiger partial charge on any atom is 0.238 e. The molecule has 2 rings (SSSR count). The van der Waals surface area contributed by atoms with Gasteiger partial charge in [-0.3, -0.25) is 9.69 Å². The fraction of sp³-hybridized carbons (Fsp3) is 0.533. The number of halogens is 2. The maximum atomic E-state index is 12.1. The van der Waals surface area contributed by atoms with E-state index in [0.29, 0.717) is 35.6 Å². The first-order valence-corrected chi connectivity index (χ1v) is 7.59. The second-order valence-electron chi connectivity index (χ2n) is 5.25. The van der Waals surface area contributed by atoms with E-state index in [2.05, 4.69) is 10.2 Å². The summed E-state index contributed by atoms with van der Waals surface area (Å²) in [5.41, 5.74) is 6.44. The standard InChI is InChI=1S/C15H22ClN3O2.ClH/c1-21-14-6-5-11(8-13(14)16)18-15(20)10-19-7-3-2-4-12(19)9-17;/h5-6,8,12H,2-4,7,9-10,17H2,1H3,(H,18,20);1H. The van der Waals surface area contributed by atoms with Crippen LogP contribution in [0.25, 0.3) is 0 Å². The molecule has 1 aliphatic rings. The molecule has 22 heavy (non-hydrogen) atoms. The van der Waals surface area contributed by atoms with Gasteiger partial charge >= 0.3 is 0 Å². The number of carbonyl (C=O) groups excluding carboxylic acids is 1. The lowest BCUT2D eigenvalue weighted by Crippen LogP contribution is -2.47. The van der Waals surface area contributed by atoms with Gasteiger partial charge in [-0.2, -0.15) is 0 Å². The maximum absolute atomic E-state index is 12.1. The summed E-state index contributed by atoms with van der Waals surface area (Å²) in [6.07, 6.45) is 3.38. The Hall–Kier alpha value is -1.01. The van der Waals surface area contributed by atoms with Gasteiger partial charge in [0.25, 0.3) is 0 Å². The number of nitrogens with zero attached hydrogens (tertiary/aromatic N) is 1. The summed E-state index contributed by atoms with van der Waals surface area (Å²) in [7, 11) is 1.56. The molecule has 0 aromatic heterocycles. The molecule has 124 valence electrons. The number of nitrogens with two attached hydrogens (primary N) is 1. The van der Waals surface area contributed by atoms with E-state index >= 15 is 0 Å². The summed E-state index contributed by atoms with van der Waals surface area (Å²) in [5.74, 6) is 0.547. The highest BCUT2D eigenvalue weighted by molar-refractivity contribution is 6.32. The smallest absolute Gasteiger partial charge is 0.238 e. The number of hydrogen-bond acceptors (Lipinski definition) is 4. The Bertz CT molecular complexity index is 500. The van der Waals surface area contributed by atoms with Crippen LogP contribution in [0.3, 0.4) is 0 Å². The van der Waals surface area contributed by atoms with Gasteiger partial charge in [0.15, 0.2) is 0 Å². The van der Waals surface area contributed by atoms with Crippen LogP contribution in [-0.4, -0.2) is 43.6 Å². The van der Waals surface area contributed by atoms with Crippen molar-refractivity contribution in [3.63, 3.8) is 0 Å². The quantitative estimate of drug-likeness (QED) is 0.858. The monoisotopic (exact) mass is 347 g/mol. The average Bonchev–Trinajstić information content (AvgIpc) is 2.48. The number of hydrogen-bond donors (Lipinski definition) is 2. The van der Waals surface area contributed by atoms with Crippen LogP contribution >= 0.6 is 24.0 Å². The molecule has 1 unspecified atom stereocenters. The second-order valence-corrected chi connectivity index (χ2v) is 5.66. The molecule has 0 aliphatic carbocycles. The van der Waals surface area contributed by atoms with E-state index in [9.17, 15) is 4.79 Å². The van der Waals surface area contributed by atoms with Gasteiger partial charge in [-0.15, -0.1) is 12.4 Å². The Morgan fingerprint density at radius 3 is 2.91 bits per heavy atom. The van der Waals surface area contributed by atoms with E-state index in [-0.39, 0.29) is 18.3 Å². The Kier molecular flexibility index (Phi) is 7.96. The van der Waals surface area contributed by atoms with Gasteiger partial charge in [-0.05, 0) is 37.6 Å². The summed E-state index contributed by atoms with van der Waals surface area (Å²) in [5, 5.41) is 3.34. The molecule has 0 spiro atoms. The van der Waals surface area contributed by atoms with Crippen molar-refractivity contribution in [3.05, 3.63) is 23.2 Å². The topological polar surface area (TPSA) is 67.6 Å². The zero-order valence-corrected chi connectivity index (χ0v) is 14.3. The van der Waals surface area contributed by atoms with E-state index in [4.69, 9.17) is 22.1 Å². The lowest BCUT2D eigenvalue weighted by atomic mass is 10.0. The summed E-state index contributed by atoms with van der Waals surface area (Å²) in [6.45, 7) is 1.89. The van der Waals surface area contributed by atoms with Gasteiger partial charge in [0, 0.05) is 18.3 Å². The van der Waals surface area contributed by atoms with Gasteiger partial charge in [0.05, 0.1) is 18.7 Å². The van der Waals surface area contributed by atoms with E-state index in [1.165, 1.54) is 6.42 Å². The van der Waals surface area contributed by atoms with Crippen molar-refractivity contribution >= 4 is 35.6 Å². The minimum atomic E-state index is -0.0448.